The van der Waals surface area contributed by atoms with E-state index in [9.17, 15) is 9.59 Å². The third-order valence-corrected chi connectivity index (χ3v) is 6.89. The fourth-order valence-corrected chi connectivity index (χ4v) is 5.41. The first-order valence-corrected chi connectivity index (χ1v) is 12.2. The molecule has 0 radical (unpaired) electrons. The third kappa shape index (κ3) is 4.33. The Morgan fingerprint density at radius 1 is 1.22 bits per heavy atom. The van der Waals surface area contributed by atoms with Gasteiger partial charge in [0, 0.05) is 4.88 Å². The summed E-state index contributed by atoms with van der Waals surface area (Å²) in [6, 6.07) is 10.9. The molecule has 1 atom stereocenters. The number of esters is 1. The minimum absolute atomic E-state index is 0.173. The number of fused-ring (bicyclic) bond motifs is 1. The number of thiazole rings is 1. The van der Waals surface area contributed by atoms with E-state index in [1.165, 1.54) is 22.7 Å². The van der Waals surface area contributed by atoms with Crippen molar-refractivity contribution in [2.75, 3.05) is 13.2 Å². The molecule has 166 valence electrons. The molecule has 0 spiro atoms. The van der Waals surface area contributed by atoms with Crippen molar-refractivity contribution in [2.24, 2.45) is 4.99 Å². The van der Waals surface area contributed by atoms with Gasteiger partial charge in [-0.15, -0.1) is 11.3 Å². The highest BCUT2D eigenvalue weighted by molar-refractivity contribution is 7.10. The number of aromatic nitrogens is 1. The van der Waals surface area contributed by atoms with Crippen LogP contribution < -0.4 is 19.6 Å². The largest absolute Gasteiger partial charge is 0.494 e. The molecule has 6 nitrogen and oxygen atoms in total. The molecular weight excluding hydrogens is 444 g/mol. The summed E-state index contributed by atoms with van der Waals surface area (Å²) in [4.78, 5) is 32.3. The van der Waals surface area contributed by atoms with Crippen molar-refractivity contribution in [1.82, 2.24) is 4.57 Å². The van der Waals surface area contributed by atoms with Crippen molar-refractivity contribution in [3.8, 4) is 5.75 Å². The van der Waals surface area contributed by atoms with Crippen LogP contribution in [0.5, 0.6) is 5.75 Å². The van der Waals surface area contributed by atoms with Gasteiger partial charge in [0.2, 0.25) is 0 Å². The standard InChI is InChI=1S/C24H24N2O4S2/c1-4-12-30-17-10-8-16(9-11-17)14-19-22(27)26-21(18-7-6-13-31-18)20(23(28)29-5-2)15(3)25-24(26)32-19/h6-11,13-14,21H,4-5,12H2,1-3H3/b19-14+/t21-/m0/s1. The number of carbonyl (C=O) groups excluding carboxylic acids is 1. The van der Waals surface area contributed by atoms with E-state index in [4.69, 9.17) is 9.47 Å². The van der Waals surface area contributed by atoms with Gasteiger partial charge in [-0.3, -0.25) is 9.36 Å². The van der Waals surface area contributed by atoms with Gasteiger partial charge in [-0.2, -0.15) is 0 Å². The number of rotatable bonds is 7. The Bertz CT molecular complexity index is 1320. The minimum atomic E-state index is -0.544. The molecular formula is C24H24N2O4S2. The quantitative estimate of drug-likeness (QED) is 0.497. The summed E-state index contributed by atoms with van der Waals surface area (Å²) < 4.78 is 13.1. The smallest absolute Gasteiger partial charge is 0.338 e. The van der Waals surface area contributed by atoms with Crippen LogP contribution in [0.25, 0.3) is 6.08 Å². The first-order valence-electron chi connectivity index (χ1n) is 10.5. The molecule has 0 amide bonds. The van der Waals surface area contributed by atoms with Crippen molar-refractivity contribution in [1.29, 1.82) is 0 Å². The lowest BCUT2D eigenvalue weighted by Crippen LogP contribution is -2.39. The zero-order chi connectivity index (χ0) is 22.7. The molecule has 0 fully saturated rings. The third-order valence-electron chi connectivity index (χ3n) is 4.98. The van der Waals surface area contributed by atoms with Crippen LogP contribution in [-0.4, -0.2) is 23.8 Å². The molecule has 2 aromatic heterocycles. The fraction of sp³-hybridized carbons (Fsp3) is 0.292. The molecule has 0 aliphatic carbocycles. The molecule has 8 heteroatoms. The summed E-state index contributed by atoms with van der Waals surface area (Å²) in [5.41, 5.74) is 1.71. The molecule has 3 heterocycles. The Hall–Kier alpha value is -2.97. The lowest BCUT2D eigenvalue weighted by atomic mass is 10.0. The van der Waals surface area contributed by atoms with E-state index in [1.807, 2.05) is 47.9 Å². The minimum Gasteiger partial charge on any atom is -0.494 e. The molecule has 0 saturated heterocycles. The summed E-state index contributed by atoms with van der Waals surface area (Å²) in [7, 11) is 0. The first-order chi connectivity index (χ1) is 15.5. The van der Waals surface area contributed by atoms with Gasteiger partial charge in [-0.1, -0.05) is 36.5 Å². The molecule has 0 unspecified atom stereocenters. The highest BCUT2D eigenvalue weighted by Gasteiger charge is 2.33. The second-order valence-corrected chi connectivity index (χ2v) is 9.22. The molecule has 4 rings (SSSR count). The highest BCUT2D eigenvalue weighted by Crippen LogP contribution is 2.33. The summed E-state index contributed by atoms with van der Waals surface area (Å²) in [6.07, 6.45) is 2.80. The van der Waals surface area contributed by atoms with Gasteiger partial charge >= 0.3 is 5.97 Å². The zero-order valence-corrected chi connectivity index (χ0v) is 19.8. The van der Waals surface area contributed by atoms with Gasteiger partial charge in [-0.25, -0.2) is 9.79 Å². The summed E-state index contributed by atoms with van der Waals surface area (Å²) in [5.74, 6) is 0.363. The van der Waals surface area contributed by atoms with E-state index >= 15 is 0 Å². The Balaban J connectivity index is 1.81. The average Bonchev–Trinajstić information content (AvgIpc) is 3.41. The van der Waals surface area contributed by atoms with Crippen LogP contribution in [0.2, 0.25) is 0 Å². The van der Waals surface area contributed by atoms with Crippen LogP contribution >= 0.6 is 22.7 Å². The number of thiophene rings is 1. The summed E-state index contributed by atoms with van der Waals surface area (Å²) in [5, 5.41) is 1.94. The van der Waals surface area contributed by atoms with E-state index in [-0.39, 0.29) is 12.2 Å². The average molecular weight is 469 g/mol. The number of ether oxygens (including phenoxy) is 2. The fourth-order valence-electron chi connectivity index (χ4n) is 3.54. The van der Waals surface area contributed by atoms with E-state index in [0.29, 0.717) is 27.2 Å². The molecule has 0 N–H and O–H groups in total. The lowest BCUT2D eigenvalue weighted by molar-refractivity contribution is -0.139. The SMILES string of the molecule is CCCOc1ccc(/C=c2/sc3n(c2=O)[C@@H](c2cccs2)C(C(=O)OCC)=C(C)N=3)cc1. The highest BCUT2D eigenvalue weighted by atomic mass is 32.1. The number of nitrogens with zero attached hydrogens (tertiary/aromatic N) is 2. The Labute approximate surface area is 193 Å². The number of benzene rings is 1. The topological polar surface area (TPSA) is 69.9 Å². The van der Waals surface area contributed by atoms with Crippen LogP contribution in [0.3, 0.4) is 0 Å². The van der Waals surface area contributed by atoms with E-state index in [1.54, 1.807) is 18.4 Å². The van der Waals surface area contributed by atoms with Crippen molar-refractivity contribution in [3.05, 3.63) is 83.2 Å². The van der Waals surface area contributed by atoms with Gasteiger partial charge in [0.15, 0.2) is 4.80 Å². The Morgan fingerprint density at radius 3 is 2.66 bits per heavy atom. The van der Waals surface area contributed by atoms with Gasteiger partial charge in [0.1, 0.15) is 11.8 Å². The predicted octanol–water partition coefficient (Wildman–Crippen LogP) is 3.65. The van der Waals surface area contributed by atoms with E-state index in [2.05, 4.69) is 11.9 Å². The van der Waals surface area contributed by atoms with Crippen molar-refractivity contribution in [2.45, 2.75) is 33.2 Å². The number of allylic oxidation sites excluding steroid dienone is 1. The molecule has 0 bridgehead atoms. The second-order valence-electron chi connectivity index (χ2n) is 7.24. The van der Waals surface area contributed by atoms with Gasteiger partial charge in [0.25, 0.3) is 5.56 Å². The second kappa shape index (κ2) is 9.67. The maximum atomic E-state index is 13.5. The monoisotopic (exact) mass is 468 g/mol. The van der Waals surface area contributed by atoms with Crippen molar-refractivity contribution >= 4 is 34.7 Å². The number of hydrogen-bond donors (Lipinski definition) is 0. The van der Waals surface area contributed by atoms with Crippen molar-refractivity contribution in [3.63, 3.8) is 0 Å². The maximum Gasteiger partial charge on any atom is 0.338 e. The molecule has 1 aromatic carbocycles. The normalized spacial score (nSPS) is 16.0. The lowest BCUT2D eigenvalue weighted by Gasteiger charge is -2.23. The van der Waals surface area contributed by atoms with Crippen LogP contribution in [0, 0.1) is 0 Å². The zero-order valence-electron chi connectivity index (χ0n) is 18.2. The first kappa shape index (κ1) is 22.2. The summed E-state index contributed by atoms with van der Waals surface area (Å²) in [6.45, 7) is 6.55. The van der Waals surface area contributed by atoms with Crippen LogP contribution in [0.15, 0.2) is 62.8 Å². The van der Waals surface area contributed by atoms with E-state index < -0.39 is 12.0 Å². The van der Waals surface area contributed by atoms with Crippen molar-refractivity contribution < 1.29 is 14.3 Å². The van der Waals surface area contributed by atoms with E-state index in [0.717, 1.165) is 22.6 Å². The van der Waals surface area contributed by atoms with Gasteiger partial charge < -0.3 is 9.47 Å². The molecule has 32 heavy (non-hydrogen) atoms. The van der Waals surface area contributed by atoms with Crippen LogP contribution in [0.1, 0.15) is 43.7 Å². The Morgan fingerprint density at radius 2 is 2.00 bits per heavy atom. The molecule has 0 saturated carbocycles. The maximum absolute atomic E-state index is 13.5. The molecule has 1 aliphatic rings. The summed E-state index contributed by atoms with van der Waals surface area (Å²) >= 11 is 2.82. The number of hydrogen-bond acceptors (Lipinski definition) is 7. The van der Waals surface area contributed by atoms with Gasteiger partial charge in [0.05, 0.1) is 29.0 Å². The Kier molecular flexibility index (Phi) is 6.72. The number of carbonyl (C=O) groups is 1. The molecule has 3 aromatic rings. The molecule has 1 aliphatic heterocycles. The predicted molar refractivity (Wildman–Crippen MR) is 127 cm³/mol. The van der Waals surface area contributed by atoms with Crippen LogP contribution in [0.4, 0.5) is 0 Å². The van der Waals surface area contributed by atoms with Gasteiger partial charge in [-0.05, 0) is 55.5 Å². The van der Waals surface area contributed by atoms with Crippen LogP contribution in [-0.2, 0) is 9.53 Å².